The fraction of sp³-hybridized carbons (Fsp3) is 0.167. The second-order valence-electron chi connectivity index (χ2n) is 5.54. The van der Waals surface area contributed by atoms with Crippen LogP contribution in [0.25, 0.3) is 11.4 Å². The maximum atomic E-state index is 12.5. The molecule has 27 heavy (non-hydrogen) atoms. The first-order valence-corrected chi connectivity index (χ1v) is 10.0. The van der Waals surface area contributed by atoms with Crippen LogP contribution in [-0.4, -0.2) is 33.4 Å². The zero-order chi connectivity index (χ0) is 19.4. The van der Waals surface area contributed by atoms with Gasteiger partial charge in [0, 0.05) is 15.1 Å². The predicted octanol–water partition coefficient (Wildman–Crippen LogP) is 5.02. The Bertz CT molecular complexity index is 966. The number of carbonyl (C=O) groups is 1. The van der Waals surface area contributed by atoms with Crippen molar-refractivity contribution in [1.82, 2.24) is 15.2 Å². The number of thioether (sulfide) groups is 1. The molecule has 1 heterocycles. The molecular weight excluding hydrogens is 452 g/mol. The first-order valence-electron chi connectivity index (χ1n) is 7.96. The van der Waals surface area contributed by atoms with Crippen LogP contribution in [0.2, 0.25) is 5.02 Å². The van der Waals surface area contributed by atoms with E-state index in [9.17, 15) is 4.79 Å². The molecule has 6 nitrogen and oxygen atoms in total. The van der Waals surface area contributed by atoms with Crippen molar-refractivity contribution < 1.29 is 9.53 Å². The fourth-order valence-corrected chi connectivity index (χ4v) is 3.67. The Labute approximate surface area is 174 Å². The summed E-state index contributed by atoms with van der Waals surface area (Å²) in [5.41, 5.74) is 1.42. The van der Waals surface area contributed by atoms with Gasteiger partial charge in [0.15, 0.2) is 5.82 Å². The molecule has 0 aliphatic carbocycles. The Morgan fingerprint density at radius 1 is 1.33 bits per heavy atom. The van der Waals surface area contributed by atoms with Crippen LogP contribution in [0.3, 0.4) is 0 Å². The number of methoxy groups -OCH3 is 1. The van der Waals surface area contributed by atoms with Crippen molar-refractivity contribution in [3.8, 4) is 17.1 Å². The molecule has 0 spiro atoms. The topological polar surface area (TPSA) is 79.9 Å². The molecule has 0 saturated carbocycles. The number of rotatable bonds is 6. The highest BCUT2D eigenvalue weighted by Crippen LogP contribution is 2.30. The lowest BCUT2D eigenvalue weighted by Gasteiger charge is -2.13. The average Bonchev–Trinajstić information content (AvgIpc) is 3.10. The predicted molar refractivity (Wildman–Crippen MR) is 111 cm³/mol. The van der Waals surface area contributed by atoms with Crippen molar-refractivity contribution in [2.45, 2.75) is 17.3 Å². The summed E-state index contributed by atoms with van der Waals surface area (Å²) in [6.07, 6.45) is 0. The van der Waals surface area contributed by atoms with Crippen LogP contribution >= 0.6 is 39.3 Å². The van der Waals surface area contributed by atoms with Crippen LogP contribution in [0.4, 0.5) is 5.69 Å². The molecule has 0 unspecified atom stereocenters. The van der Waals surface area contributed by atoms with Gasteiger partial charge in [0.05, 0.1) is 18.0 Å². The van der Waals surface area contributed by atoms with Gasteiger partial charge in [0.1, 0.15) is 5.75 Å². The van der Waals surface area contributed by atoms with E-state index in [1.165, 1.54) is 18.9 Å². The molecule has 9 heteroatoms. The van der Waals surface area contributed by atoms with Crippen LogP contribution in [0, 0.1) is 0 Å². The van der Waals surface area contributed by atoms with E-state index < -0.39 is 5.25 Å². The lowest BCUT2D eigenvalue weighted by molar-refractivity contribution is -0.115. The highest BCUT2D eigenvalue weighted by Gasteiger charge is 2.19. The minimum atomic E-state index is -0.420. The third-order valence-electron chi connectivity index (χ3n) is 3.66. The quantitative estimate of drug-likeness (QED) is 0.498. The summed E-state index contributed by atoms with van der Waals surface area (Å²) < 4.78 is 6.16. The third kappa shape index (κ3) is 4.82. The van der Waals surface area contributed by atoms with Crippen molar-refractivity contribution in [2.24, 2.45) is 0 Å². The number of H-pyrrole nitrogens is 1. The smallest absolute Gasteiger partial charge is 0.237 e. The number of ether oxygens (including phenoxy) is 1. The summed E-state index contributed by atoms with van der Waals surface area (Å²) in [6.45, 7) is 1.78. The van der Waals surface area contributed by atoms with E-state index in [1.54, 1.807) is 25.1 Å². The van der Waals surface area contributed by atoms with E-state index in [4.69, 9.17) is 16.3 Å². The summed E-state index contributed by atoms with van der Waals surface area (Å²) in [4.78, 5) is 17.0. The Balaban J connectivity index is 1.69. The molecule has 1 aromatic heterocycles. The number of anilines is 1. The molecule has 0 aliphatic rings. The molecule has 1 atom stereocenters. The minimum Gasteiger partial charge on any atom is -0.495 e. The second-order valence-corrected chi connectivity index (χ2v) is 8.14. The molecule has 2 N–H and O–H groups in total. The normalized spacial score (nSPS) is 11.9. The lowest BCUT2D eigenvalue weighted by Crippen LogP contribution is -2.22. The van der Waals surface area contributed by atoms with E-state index in [2.05, 4.69) is 36.4 Å². The monoisotopic (exact) mass is 466 g/mol. The zero-order valence-corrected chi connectivity index (χ0v) is 17.7. The molecule has 0 saturated heterocycles. The number of amides is 1. The molecule has 0 bridgehead atoms. The van der Waals surface area contributed by atoms with Crippen LogP contribution in [0.5, 0.6) is 5.75 Å². The number of aromatic amines is 1. The van der Waals surface area contributed by atoms with E-state index >= 15 is 0 Å². The van der Waals surface area contributed by atoms with Gasteiger partial charge in [-0.15, -0.1) is 5.10 Å². The lowest BCUT2D eigenvalue weighted by atomic mass is 10.2. The number of carbonyl (C=O) groups excluding carboxylic acids is 1. The minimum absolute atomic E-state index is 0.201. The number of hydrogen-bond donors (Lipinski definition) is 2. The van der Waals surface area contributed by atoms with Gasteiger partial charge in [-0.3, -0.25) is 9.89 Å². The van der Waals surface area contributed by atoms with E-state index in [0.717, 1.165) is 10.0 Å². The van der Waals surface area contributed by atoms with E-state index in [1.807, 2.05) is 24.3 Å². The summed E-state index contributed by atoms with van der Waals surface area (Å²) >= 11 is 10.7. The standard InChI is InChI=1S/C18H16BrClN4O2S/c1-10(17(25)21-14-9-11(20)7-8-15(14)26-2)27-18-22-16(23-24-18)12-5-3-4-6-13(12)19/h3-10H,1-2H3,(H,21,25)(H,22,23,24)/t10-/m0/s1. The molecule has 3 rings (SSSR count). The van der Waals surface area contributed by atoms with Crippen molar-refractivity contribution in [2.75, 3.05) is 12.4 Å². The van der Waals surface area contributed by atoms with Gasteiger partial charge in [-0.2, -0.15) is 0 Å². The van der Waals surface area contributed by atoms with E-state index in [0.29, 0.717) is 27.4 Å². The van der Waals surface area contributed by atoms with Gasteiger partial charge >= 0.3 is 0 Å². The van der Waals surface area contributed by atoms with Gasteiger partial charge in [0.25, 0.3) is 0 Å². The number of nitrogens with zero attached hydrogens (tertiary/aromatic N) is 2. The van der Waals surface area contributed by atoms with E-state index in [-0.39, 0.29) is 5.91 Å². The first-order chi connectivity index (χ1) is 13.0. The number of nitrogens with one attached hydrogen (secondary N) is 2. The van der Waals surface area contributed by atoms with Gasteiger partial charge in [-0.1, -0.05) is 57.5 Å². The summed E-state index contributed by atoms with van der Waals surface area (Å²) in [5, 5.41) is 10.5. The Morgan fingerprint density at radius 2 is 2.11 bits per heavy atom. The number of aromatic nitrogens is 3. The molecule has 1 amide bonds. The summed E-state index contributed by atoms with van der Waals surface area (Å²) in [5.74, 6) is 0.973. The van der Waals surface area contributed by atoms with Crippen LogP contribution in [0.1, 0.15) is 6.92 Å². The summed E-state index contributed by atoms with van der Waals surface area (Å²) in [6, 6.07) is 12.8. The maximum absolute atomic E-state index is 12.5. The fourth-order valence-electron chi connectivity index (χ4n) is 2.30. The zero-order valence-electron chi connectivity index (χ0n) is 14.5. The van der Waals surface area contributed by atoms with Crippen molar-refractivity contribution in [3.05, 3.63) is 52.0 Å². The Morgan fingerprint density at radius 3 is 2.85 bits per heavy atom. The number of hydrogen-bond acceptors (Lipinski definition) is 5. The molecule has 0 aliphatic heterocycles. The second kappa shape index (κ2) is 8.77. The molecule has 140 valence electrons. The molecule has 2 aromatic carbocycles. The van der Waals surface area contributed by atoms with Gasteiger partial charge in [-0.25, -0.2) is 4.98 Å². The third-order valence-corrected chi connectivity index (χ3v) is 5.55. The van der Waals surface area contributed by atoms with Gasteiger partial charge < -0.3 is 10.1 Å². The summed E-state index contributed by atoms with van der Waals surface area (Å²) in [7, 11) is 1.54. The highest BCUT2D eigenvalue weighted by atomic mass is 79.9. The number of benzene rings is 2. The van der Waals surface area contributed by atoms with Crippen molar-refractivity contribution >= 4 is 50.9 Å². The van der Waals surface area contributed by atoms with Crippen molar-refractivity contribution in [1.29, 1.82) is 0 Å². The Kier molecular flexibility index (Phi) is 6.41. The number of halogens is 2. The SMILES string of the molecule is COc1ccc(Cl)cc1NC(=O)[C@H](C)Sc1n[nH]c(-c2ccccc2Br)n1. The maximum Gasteiger partial charge on any atom is 0.237 e. The van der Waals surface area contributed by atoms with Crippen LogP contribution in [-0.2, 0) is 4.79 Å². The molecule has 0 radical (unpaired) electrons. The van der Waals surface area contributed by atoms with Gasteiger partial charge in [0.2, 0.25) is 11.1 Å². The average molecular weight is 468 g/mol. The highest BCUT2D eigenvalue weighted by molar-refractivity contribution is 9.10. The van der Waals surface area contributed by atoms with Gasteiger partial charge in [-0.05, 0) is 31.2 Å². The Hall–Kier alpha value is -2.03. The largest absolute Gasteiger partial charge is 0.495 e. The van der Waals surface area contributed by atoms with Crippen molar-refractivity contribution in [3.63, 3.8) is 0 Å². The molecule has 3 aromatic rings. The molecule has 0 fully saturated rings. The first kappa shape index (κ1) is 19.7. The van der Waals surface area contributed by atoms with Crippen LogP contribution < -0.4 is 10.1 Å². The molecular formula is C18H16BrClN4O2S. The van der Waals surface area contributed by atoms with Crippen LogP contribution in [0.15, 0.2) is 52.1 Å².